The van der Waals surface area contributed by atoms with E-state index in [1.807, 2.05) is 13.8 Å². The molecular formula is C18H25N3O4S. The molecule has 2 amide bonds. The molecule has 1 unspecified atom stereocenters. The first-order valence-corrected chi connectivity index (χ1v) is 8.93. The van der Waals surface area contributed by atoms with Crippen molar-refractivity contribution in [3.05, 3.63) is 29.8 Å². The van der Waals surface area contributed by atoms with Gasteiger partial charge in [-0.25, -0.2) is 0 Å². The Morgan fingerprint density at radius 3 is 2.58 bits per heavy atom. The Hall–Kier alpha value is -2.48. The lowest BCUT2D eigenvalue weighted by molar-refractivity contribution is -0.144. The maximum absolute atomic E-state index is 12.1. The highest BCUT2D eigenvalue weighted by Crippen LogP contribution is 2.11. The first-order valence-electron chi connectivity index (χ1n) is 8.53. The van der Waals surface area contributed by atoms with Crippen molar-refractivity contribution >= 4 is 40.8 Å². The lowest BCUT2D eigenvalue weighted by atomic mass is 10.1. The predicted octanol–water partition coefficient (Wildman–Crippen LogP) is 2.37. The number of amides is 2. The quantitative estimate of drug-likeness (QED) is 0.474. The molecule has 0 saturated heterocycles. The Morgan fingerprint density at radius 2 is 1.92 bits per heavy atom. The second kappa shape index (κ2) is 11.2. The summed E-state index contributed by atoms with van der Waals surface area (Å²) in [6, 6.07) is 6.88. The molecule has 0 aliphatic heterocycles. The number of carbonyl (C=O) groups is 3. The third-order valence-corrected chi connectivity index (χ3v) is 3.69. The number of hydrogen-bond acceptors (Lipinski definition) is 5. The fourth-order valence-corrected chi connectivity index (χ4v) is 2.18. The maximum atomic E-state index is 12.1. The Kier molecular flexibility index (Phi) is 9.29. The Bertz CT molecular complexity index is 664. The zero-order chi connectivity index (χ0) is 19.5. The molecule has 0 heterocycles. The van der Waals surface area contributed by atoms with Gasteiger partial charge in [-0.1, -0.05) is 13.0 Å². The maximum Gasteiger partial charge on any atom is 0.306 e. The minimum atomic E-state index is -0.429. The standard InChI is InChI=1S/C18H25N3O4S/c1-4-12(3)19-17(24)13-7-6-8-14(11-13)20-18(26)21-15(22)9-10-16(23)25-5-2/h6-8,11-12H,4-5,9-10H2,1-3H3,(H,19,24)(H2,20,21,22,26). The molecule has 0 spiro atoms. The van der Waals surface area contributed by atoms with Crippen LogP contribution in [0.3, 0.4) is 0 Å². The normalized spacial score (nSPS) is 11.2. The number of anilines is 1. The SMILES string of the molecule is CCOC(=O)CCC(=O)NC(=S)Nc1cccc(C(=O)NC(C)CC)c1. The topological polar surface area (TPSA) is 96.5 Å². The highest BCUT2D eigenvalue weighted by Gasteiger charge is 2.11. The minimum absolute atomic E-state index is 0.00639. The summed E-state index contributed by atoms with van der Waals surface area (Å²) in [5, 5.41) is 8.32. The number of thiocarbonyl (C=S) groups is 1. The van der Waals surface area contributed by atoms with E-state index in [0.717, 1.165) is 6.42 Å². The van der Waals surface area contributed by atoms with Gasteiger partial charge in [0, 0.05) is 23.7 Å². The van der Waals surface area contributed by atoms with Crippen molar-refractivity contribution in [2.45, 2.75) is 46.1 Å². The van der Waals surface area contributed by atoms with Crippen LogP contribution in [0.4, 0.5) is 5.69 Å². The second-order valence-electron chi connectivity index (χ2n) is 5.67. The van der Waals surface area contributed by atoms with Crippen LogP contribution in [0.1, 0.15) is 50.4 Å². The highest BCUT2D eigenvalue weighted by atomic mass is 32.1. The third kappa shape index (κ3) is 8.06. The lowest BCUT2D eigenvalue weighted by Crippen LogP contribution is -2.34. The van der Waals surface area contributed by atoms with Gasteiger partial charge in [-0.3, -0.25) is 14.4 Å². The Labute approximate surface area is 158 Å². The first-order chi connectivity index (χ1) is 12.3. The smallest absolute Gasteiger partial charge is 0.306 e. The minimum Gasteiger partial charge on any atom is -0.466 e. The van der Waals surface area contributed by atoms with Crippen LogP contribution in [0.5, 0.6) is 0 Å². The number of nitrogens with one attached hydrogen (secondary N) is 3. The molecule has 0 radical (unpaired) electrons. The van der Waals surface area contributed by atoms with Crippen LogP contribution in [-0.4, -0.2) is 35.5 Å². The molecule has 1 aromatic carbocycles. The van der Waals surface area contributed by atoms with Crippen molar-refractivity contribution in [2.75, 3.05) is 11.9 Å². The molecule has 0 bridgehead atoms. The average Bonchev–Trinajstić information content (AvgIpc) is 2.60. The fraction of sp³-hybridized carbons (Fsp3) is 0.444. The molecule has 3 N–H and O–H groups in total. The molecule has 0 saturated carbocycles. The molecule has 8 heteroatoms. The number of benzene rings is 1. The van der Waals surface area contributed by atoms with Gasteiger partial charge in [-0.05, 0) is 50.7 Å². The van der Waals surface area contributed by atoms with Crippen molar-refractivity contribution in [1.82, 2.24) is 10.6 Å². The zero-order valence-electron chi connectivity index (χ0n) is 15.3. The predicted molar refractivity (Wildman–Crippen MR) is 104 cm³/mol. The van der Waals surface area contributed by atoms with Gasteiger partial charge < -0.3 is 20.7 Å². The van der Waals surface area contributed by atoms with Gasteiger partial charge in [0.1, 0.15) is 0 Å². The van der Waals surface area contributed by atoms with Gasteiger partial charge in [-0.2, -0.15) is 0 Å². The van der Waals surface area contributed by atoms with E-state index in [2.05, 4.69) is 16.0 Å². The van der Waals surface area contributed by atoms with E-state index in [9.17, 15) is 14.4 Å². The van der Waals surface area contributed by atoms with E-state index in [1.165, 1.54) is 0 Å². The van der Waals surface area contributed by atoms with Crippen LogP contribution in [-0.2, 0) is 14.3 Å². The Balaban J connectivity index is 2.54. The molecule has 26 heavy (non-hydrogen) atoms. The largest absolute Gasteiger partial charge is 0.466 e. The number of carbonyl (C=O) groups excluding carboxylic acids is 3. The summed E-state index contributed by atoms with van der Waals surface area (Å²) >= 11 is 5.08. The summed E-state index contributed by atoms with van der Waals surface area (Å²) in [5.41, 5.74) is 1.07. The van der Waals surface area contributed by atoms with Gasteiger partial charge in [0.15, 0.2) is 5.11 Å². The molecule has 142 valence electrons. The summed E-state index contributed by atoms with van der Waals surface area (Å²) in [5.74, 6) is -0.991. The molecule has 1 atom stereocenters. The molecule has 0 aromatic heterocycles. The van der Waals surface area contributed by atoms with Crippen LogP contribution in [0.25, 0.3) is 0 Å². The van der Waals surface area contributed by atoms with E-state index < -0.39 is 5.97 Å². The fourth-order valence-electron chi connectivity index (χ4n) is 1.95. The average molecular weight is 379 g/mol. The number of rotatable bonds is 8. The van der Waals surface area contributed by atoms with Crippen molar-refractivity contribution in [3.8, 4) is 0 Å². The first kappa shape index (κ1) is 21.6. The third-order valence-electron chi connectivity index (χ3n) is 3.49. The van der Waals surface area contributed by atoms with Gasteiger partial charge in [-0.15, -0.1) is 0 Å². The summed E-state index contributed by atoms with van der Waals surface area (Å²) in [6.07, 6.45) is 0.817. The van der Waals surface area contributed by atoms with E-state index in [1.54, 1.807) is 31.2 Å². The molecule has 1 aromatic rings. The van der Waals surface area contributed by atoms with Gasteiger partial charge in [0.25, 0.3) is 5.91 Å². The van der Waals surface area contributed by atoms with E-state index in [-0.39, 0.29) is 42.4 Å². The number of esters is 1. The molecule has 1 rings (SSSR count). The summed E-state index contributed by atoms with van der Waals surface area (Å²) in [4.78, 5) is 35.2. The zero-order valence-corrected chi connectivity index (χ0v) is 16.1. The van der Waals surface area contributed by atoms with Crippen LogP contribution >= 0.6 is 12.2 Å². The van der Waals surface area contributed by atoms with Crippen molar-refractivity contribution in [1.29, 1.82) is 0 Å². The van der Waals surface area contributed by atoms with E-state index in [4.69, 9.17) is 17.0 Å². The monoisotopic (exact) mass is 379 g/mol. The van der Waals surface area contributed by atoms with Crippen LogP contribution in [0.15, 0.2) is 24.3 Å². The van der Waals surface area contributed by atoms with Gasteiger partial charge >= 0.3 is 5.97 Å². The van der Waals surface area contributed by atoms with Crippen LogP contribution < -0.4 is 16.0 Å². The summed E-state index contributed by atoms with van der Waals surface area (Å²) in [6.45, 7) is 5.91. The van der Waals surface area contributed by atoms with Crippen molar-refractivity contribution < 1.29 is 19.1 Å². The molecule has 0 aliphatic carbocycles. The summed E-state index contributed by atoms with van der Waals surface area (Å²) < 4.78 is 4.76. The van der Waals surface area contributed by atoms with E-state index in [0.29, 0.717) is 11.3 Å². The second-order valence-corrected chi connectivity index (χ2v) is 6.08. The lowest BCUT2D eigenvalue weighted by Gasteiger charge is -2.13. The molecule has 7 nitrogen and oxygen atoms in total. The Morgan fingerprint density at radius 1 is 1.19 bits per heavy atom. The molecular weight excluding hydrogens is 354 g/mol. The van der Waals surface area contributed by atoms with Crippen LogP contribution in [0, 0.1) is 0 Å². The molecule has 0 aliphatic rings. The van der Waals surface area contributed by atoms with E-state index >= 15 is 0 Å². The summed E-state index contributed by atoms with van der Waals surface area (Å²) in [7, 11) is 0. The molecule has 0 fully saturated rings. The number of ether oxygens (including phenoxy) is 1. The van der Waals surface area contributed by atoms with Crippen LogP contribution in [0.2, 0.25) is 0 Å². The van der Waals surface area contributed by atoms with Crippen molar-refractivity contribution in [2.24, 2.45) is 0 Å². The van der Waals surface area contributed by atoms with Gasteiger partial charge in [0.2, 0.25) is 5.91 Å². The van der Waals surface area contributed by atoms with Gasteiger partial charge in [0.05, 0.1) is 13.0 Å². The number of hydrogen-bond donors (Lipinski definition) is 3. The van der Waals surface area contributed by atoms with Crippen molar-refractivity contribution in [3.63, 3.8) is 0 Å². The highest BCUT2D eigenvalue weighted by molar-refractivity contribution is 7.80.